The molecular weight excluding hydrogens is 290 g/mol. The summed E-state index contributed by atoms with van der Waals surface area (Å²) >= 11 is 0. The van der Waals surface area contributed by atoms with Gasteiger partial charge in [-0.25, -0.2) is 4.79 Å². The van der Waals surface area contributed by atoms with E-state index in [1.165, 1.54) is 70.6 Å². The summed E-state index contributed by atoms with van der Waals surface area (Å²) in [5, 5.41) is 11.7. The number of cyclic esters (lactones) is 1. The molecule has 0 bridgehead atoms. The molecule has 1 heterocycles. The Morgan fingerprint density at radius 1 is 1.00 bits per heavy atom. The number of nitrogens with one attached hydrogen (secondary N) is 1. The molecule has 134 valence electrons. The first kappa shape index (κ1) is 20.0. The molecule has 1 aliphatic rings. The monoisotopic (exact) mass is 325 g/mol. The fourth-order valence-electron chi connectivity index (χ4n) is 2.95. The highest BCUT2D eigenvalue weighted by Gasteiger charge is 2.31. The minimum Gasteiger partial charge on any atom is -0.440 e. The average Bonchev–Trinajstić information content (AvgIpc) is 2.91. The topological polar surface area (TPSA) is 58.6 Å². The molecule has 0 unspecified atom stereocenters. The molecule has 1 amide bonds. The number of alkyl carbamates (subject to hydrolysis) is 1. The molecule has 1 aliphatic heterocycles. The van der Waals surface area contributed by atoms with Crippen LogP contribution in [0.15, 0.2) is 12.2 Å². The largest absolute Gasteiger partial charge is 0.440 e. The molecule has 1 fully saturated rings. The zero-order valence-electron chi connectivity index (χ0n) is 14.8. The van der Waals surface area contributed by atoms with Gasteiger partial charge in [0.15, 0.2) is 0 Å². The van der Waals surface area contributed by atoms with E-state index in [2.05, 4.69) is 18.3 Å². The summed E-state index contributed by atoms with van der Waals surface area (Å²) in [5.41, 5.74) is 0. The van der Waals surface area contributed by atoms with Gasteiger partial charge < -0.3 is 15.2 Å². The van der Waals surface area contributed by atoms with E-state index in [0.29, 0.717) is 0 Å². The van der Waals surface area contributed by atoms with Gasteiger partial charge in [0.1, 0.15) is 6.10 Å². The Kier molecular flexibility index (Phi) is 11.7. The highest BCUT2D eigenvalue weighted by molar-refractivity contribution is 5.70. The lowest BCUT2D eigenvalue weighted by Gasteiger charge is -2.09. The van der Waals surface area contributed by atoms with Gasteiger partial charge in [-0.05, 0) is 18.9 Å². The summed E-state index contributed by atoms with van der Waals surface area (Å²) in [6.45, 7) is 2.18. The minimum atomic E-state index is -0.437. The molecule has 23 heavy (non-hydrogen) atoms. The minimum absolute atomic E-state index is 0.0841. The molecule has 1 rings (SSSR count). The maximum Gasteiger partial charge on any atom is 0.408 e. The van der Waals surface area contributed by atoms with Crippen LogP contribution in [0.25, 0.3) is 0 Å². The Balaban J connectivity index is 1.88. The molecule has 0 saturated carbocycles. The standard InChI is InChI=1S/C19H35NO3/c1-2-3-4-5-6-7-8-9-10-11-12-13-14-15-18-17(16-21)20-19(22)23-18/h14-15,17-18,21H,2-13,16H2,1H3,(H,20,22)/b15-14-/t17-,18+/m0/s1. The van der Waals surface area contributed by atoms with Crippen molar-refractivity contribution in [2.75, 3.05) is 6.61 Å². The van der Waals surface area contributed by atoms with Crippen molar-refractivity contribution >= 4 is 6.09 Å². The van der Waals surface area contributed by atoms with E-state index >= 15 is 0 Å². The first-order chi connectivity index (χ1) is 11.3. The number of carbonyl (C=O) groups is 1. The first-order valence-corrected chi connectivity index (χ1v) is 9.52. The van der Waals surface area contributed by atoms with Crippen LogP contribution in [0, 0.1) is 0 Å². The predicted octanol–water partition coefficient (Wildman–Crippen LogP) is 4.71. The van der Waals surface area contributed by atoms with Crippen molar-refractivity contribution in [1.82, 2.24) is 5.32 Å². The van der Waals surface area contributed by atoms with Gasteiger partial charge in [-0.15, -0.1) is 0 Å². The van der Waals surface area contributed by atoms with E-state index in [1.807, 2.05) is 6.08 Å². The Morgan fingerprint density at radius 3 is 2.13 bits per heavy atom. The van der Waals surface area contributed by atoms with Crippen LogP contribution >= 0.6 is 0 Å². The van der Waals surface area contributed by atoms with E-state index in [9.17, 15) is 4.79 Å². The average molecular weight is 325 g/mol. The zero-order valence-corrected chi connectivity index (χ0v) is 14.8. The Hall–Kier alpha value is -1.03. The highest BCUT2D eigenvalue weighted by Crippen LogP contribution is 2.13. The number of hydrogen-bond acceptors (Lipinski definition) is 3. The Bertz CT molecular complexity index is 331. The van der Waals surface area contributed by atoms with Crippen LogP contribution in [0.3, 0.4) is 0 Å². The summed E-state index contributed by atoms with van der Waals surface area (Å²) in [6.07, 6.45) is 19.1. The summed E-state index contributed by atoms with van der Waals surface area (Å²) < 4.78 is 5.08. The number of unbranched alkanes of at least 4 members (excludes halogenated alkanes) is 11. The number of carbonyl (C=O) groups excluding carboxylic acids is 1. The first-order valence-electron chi connectivity index (χ1n) is 9.52. The van der Waals surface area contributed by atoms with Crippen LogP contribution in [-0.4, -0.2) is 30.0 Å². The van der Waals surface area contributed by atoms with Crippen LogP contribution < -0.4 is 5.32 Å². The Morgan fingerprint density at radius 2 is 1.57 bits per heavy atom. The van der Waals surface area contributed by atoms with Crippen molar-refractivity contribution in [2.24, 2.45) is 0 Å². The van der Waals surface area contributed by atoms with Gasteiger partial charge in [-0.3, -0.25) is 0 Å². The van der Waals surface area contributed by atoms with Crippen LogP contribution in [0.5, 0.6) is 0 Å². The number of amides is 1. The van der Waals surface area contributed by atoms with Crippen molar-refractivity contribution in [3.05, 3.63) is 12.2 Å². The predicted molar refractivity (Wildman–Crippen MR) is 94.5 cm³/mol. The summed E-state index contributed by atoms with van der Waals surface area (Å²) in [7, 11) is 0. The molecular formula is C19H35NO3. The normalized spacial score (nSPS) is 20.9. The van der Waals surface area contributed by atoms with Gasteiger partial charge in [-0.1, -0.05) is 77.2 Å². The maximum atomic E-state index is 11.1. The lowest BCUT2D eigenvalue weighted by Crippen LogP contribution is -2.33. The van der Waals surface area contributed by atoms with Gasteiger partial charge in [0.25, 0.3) is 0 Å². The van der Waals surface area contributed by atoms with E-state index in [4.69, 9.17) is 9.84 Å². The van der Waals surface area contributed by atoms with Crippen LogP contribution in [0.2, 0.25) is 0 Å². The molecule has 0 spiro atoms. The third kappa shape index (κ3) is 9.65. The van der Waals surface area contributed by atoms with E-state index in [-0.39, 0.29) is 18.8 Å². The molecule has 2 N–H and O–H groups in total. The van der Waals surface area contributed by atoms with E-state index in [1.54, 1.807) is 0 Å². The van der Waals surface area contributed by atoms with Crippen molar-refractivity contribution in [1.29, 1.82) is 0 Å². The molecule has 0 aromatic rings. The molecule has 0 aromatic heterocycles. The lowest BCUT2D eigenvalue weighted by atomic mass is 10.0. The molecule has 2 atom stereocenters. The fourth-order valence-corrected chi connectivity index (χ4v) is 2.95. The second kappa shape index (κ2) is 13.4. The van der Waals surface area contributed by atoms with Crippen LogP contribution in [0.4, 0.5) is 4.79 Å². The smallest absolute Gasteiger partial charge is 0.408 e. The van der Waals surface area contributed by atoms with E-state index < -0.39 is 6.09 Å². The molecule has 4 nitrogen and oxygen atoms in total. The van der Waals surface area contributed by atoms with Gasteiger partial charge >= 0.3 is 6.09 Å². The SMILES string of the molecule is CCCCCCCCCCCCC/C=C\[C@H]1OC(=O)N[C@H]1CO. The van der Waals surface area contributed by atoms with Crippen LogP contribution in [-0.2, 0) is 4.74 Å². The molecule has 4 heteroatoms. The molecule has 0 aromatic carbocycles. The summed E-state index contributed by atoms with van der Waals surface area (Å²) in [4.78, 5) is 11.1. The van der Waals surface area contributed by atoms with Gasteiger partial charge in [0, 0.05) is 0 Å². The highest BCUT2D eigenvalue weighted by atomic mass is 16.6. The summed E-state index contributed by atoms with van der Waals surface area (Å²) in [5.74, 6) is 0. The fraction of sp³-hybridized carbons (Fsp3) is 0.842. The number of ether oxygens (including phenoxy) is 1. The van der Waals surface area contributed by atoms with Crippen molar-refractivity contribution in [3.8, 4) is 0 Å². The van der Waals surface area contributed by atoms with Gasteiger partial charge in [-0.2, -0.15) is 0 Å². The number of aliphatic hydroxyl groups is 1. The molecule has 0 radical (unpaired) electrons. The van der Waals surface area contributed by atoms with Crippen LogP contribution in [0.1, 0.15) is 84.0 Å². The number of hydrogen-bond donors (Lipinski definition) is 2. The van der Waals surface area contributed by atoms with E-state index in [0.717, 1.165) is 6.42 Å². The Labute approximate surface area is 141 Å². The number of aliphatic hydroxyl groups excluding tert-OH is 1. The van der Waals surface area contributed by atoms with Crippen molar-refractivity contribution in [3.63, 3.8) is 0 Å². The lowest BCUT2D eigenvalue weighted by molar-refractivity contribution is 0.143. The molecule has 0 aliphatic carbocycles. The number of allylic oxidation sites excluding steroid dienone is 1. The summed E-state index contributed by atoms with van der Waals surface area (Å²) in [6, 6.07) is -0.295. The van der Waals surface area contributed by atoms with Crippen molar-refractivity contribution < 1.29 is 14.6 Å². The second-order valence-corrected chi connectivity index (χ2v) is 6.56. The number of rotatable bonds is 14. The zero-order chi connectivity index (χ0) is 16.8. The second-order valence-electron chi connectivity index (χ2n) is 6.56. The molecule has 1 saturated heterocycles. The van der Waals surface area contributed by atoms with Crippen molar-refractivity contribution in [2.45, 2.75) is 96.1 Å². The maximum absolute atomic E-state index is 11.1. The van der Waals surface area contributed by atoms with Gasteiger partial charge in [0.05, 0.1) is 12.6 Å². The third-order valence-corrected chi connectivity index (χ3v) is 4.44. The quantitative estimate of drug-likeness (QED) is 0.359. The third-order valence-electron chi connectivity index (χ3n) is 4.44. The van der Waals surface area contributed by atoms with Gasteiger partial charge in [0.2, 0.25) is 0 Å².